The molecular formula is C15H23NOS3. The van der Waals surface area contributed by atoms with E-state index in [1.165, 1.54) is 5.01 Å². The standard InChI is InChI=1S/C15H23NOS3/c1-8-9(2)19-12(7-18-8)14-16-10-5-15(3,4)6-11(17)13(10)20-14/h8-9,11-12,17H,5-7H2,1-4H3. The molecule has 0 saturated carbocycles. The van der Waals surface area contributed by atoms with Crippen LogP contribution in [0.5, 0.6) is 0 Å². The number of fused-ring (bicyclic) bond motifs is 1. The van der Waals surface area contributed by atoms with Gasteiger partial charge in [0.25, 0.3) is 0 Å². The van der Waals surface area contributed by atoms with Crippen molar-refractivity contribution in [1.82, 2.24) is 4.98 Å². The third-order valence-electron chi connectivity index (χ3n) is 4.26. The molecule has 1 fully saturated rings. The second kappa shape index (κ2) is 5.49. The van der Waals surface area contributed by atoms with Gasteiger partial charge in [-0.3, -0.25) is 0 Å². The molecule has 5 heteroatoms. The Morgan fingerprint density at radius 3 is 2.70 bits per heavy atom. The molecule has 20 heavy (non-hydrogen) atoms. The van der Waals surface area contributed by atoms with Crippen molar-refractivity contribution in [1.29, 1.82) is 0 Å². The first-order valence-corrected chi connectivity index (χ1v) is 10.1. The van der Waals surface area contributed by atoms with Gasteiger partial charge in [0.2, 0.25) is 0 Å². The van der Waals surface area contributed by atoms with E-state index in [1.54, 1.807) is 11.3 Å². The zero-order chi connectivity index (χ0) is 14.5. The van der Waals surface area contributed by atoms with Crippen LogP contribution in [0.1, 0.15) is 61.0 Å². The van der Waals surface area contributed by atoms with Gasteiger partial charge in [-0.05, 0) is 18.3 Å². The molecule has 0 aromatic carbocycles. The molecule has 0 radical (unpaired) electrons. The fraction of sp³-hybridized carbons (Fsp3) is 0.800. The Morgan fingerprint density at radius 2 is 2.00 bits per heavy atom. The summed E-state index contributed by atoms with van der Waals surface area (Å²) in [7, 11) is 0. The summed E-state index contributed by atoms with van der Waals surface area (Å²) in [5.74, 6) is 1.15. The number of aliphatic hydroxyl groups is 1. The van der Waals surface area contributed by atoms with Gasteiger partial charge < -0.3 is 5.11 Å². The molecule has 1 aliphatic heterocycles. The summed E-state index contributed by atoms with van der Waals surface area (Å²) < 4.78 is 0. The minimum Gasteiger partial charge on any atom is -0.387 e. The Balaban J connectivity index is 1.83. The van der Waals surface area contributed by atoms with Gasteiger partial charge in [-0.2, -0.15) is 11.8 Å². The first-order chi connectivity index (χ1) is 9.35. The number of thiazole rings is 1. The predicted molar refractivity (Wildman–Crippen MR) is 90.9 cm³/mol. The first kappa shape index (κ1) is 15.2. The second-order valence-corrected chi connectivity index (χ2v) is 10.8. The molecule has 1 aromatic heterocycles. The van der Waals surface area contributed by atoms with Crippen molar-refractivity contribution < 1.29 is 5.11 Å². The Bertz CT molecular complexity index is 499. The highest BCUT2D eigenvalue weighted by Crippen LogP contribution is 2.49. The number of thioether (sulfide) groups is 2. The summed E-state index contributed by atoms with van der Waals surface area (Å²) in [6.07, 6.45) is 1.56. The summed E-state index contributed by atoms with van der Waals surface area (Å²) >= 11 is 5.88. The lowest BCUT2D eigenvalue weighted by Crippen LogP contribution is -2.24. The minimum atomic E-state index is -0.308. The molecule has 2 heterocycles. The van der Waals surface area contributed by atoms with Crippen molar-refractivity contribution in [2.24, 2.45) is 5.41 Å². The van der Waals surface area contributed by atoms with Crippen LogP contribution >= 0.6 is 34.9 Å². The van der Waals surface area contributed by atoms with Crippen LogP contribution in [0.3, 0.4) is 0 Å². The normalized spacial score (nSPS) is 36.6. The zero-order valence-corrected chi connectivity index (χ0v) is 15.0. The summed E-state index contributed by atoms with van der Waals surface area (Å²) in [5.41, 5.74) is 1.33. The lowest BCUT2D eigenvalue weighted by molar-refractivity contribution is 0.102. The average Bonchev–Trinajstić information content (AvgIpc) is 2.75. The van der Waals surface area contributed by atoms with Gasteiger partial charge in [-0.15, -0.1) is 23.1 Å². The molecule has 0 spiro atoms. The SMILES string of the molecule is CC1SCC(c2nc3c(s2)C(O)CC(C)(C)C3)SC1C. The van der Waals surface area contributed by atoms with Gasteiger partial charge in [-0.1, -0.05) is 27.7 Å². The van der Waals surface area contributed by atoms with Crippen LogP contribution in [0.2, 0.25) is 0 Å². The molecule has 0 bridgehead atoms. The predicted octanol–water partition coefficient (Wildman–Crippen LogP) is 4.45. The van der Waals surface area contributed by atoms with Crippen molar-refractivity contribution in [3.8, 4) is 0 Å². The third kappa shape index (κ3) is 2.92. The monoisotopic (exact) mass is 329 g/mol. The molecule has 4 atom stereocenters. The van der Waals surface area contributed by atoms with Gasteiger partial charge in [0.1, 0.15) is 5.01 Å². The van der Waals surface area contributed by atoms with Crippen LogP contribution < -0.4 is 0 Å². The number of hydrogen-bond donors (Lipinski definition) is 1. The Labute approximate surface area is 134 Å². The van der Waals surface area contributed by atoms with E-state index in [4.69, 9.17) is 4.98 Å². The zero-order valence-electron chi connectivity index (χ0n) is 12.5. The largest absolute Gasteiger partial charge is 0.387 e. The number of hydrogen-bond acceptors (Lipinski definition) is 5. The van der Waals surface area contributed by atoms with Crippen molar-refractivity contribution in [3.05, 3.63) is 15.6 Å². The lowest BCUT2D eigenvalue weighted by Gasteiger charge is -2.31. The molecule has 2 aliphatic rings. The Hall–Kier alpha value is 0.290. The maximum atomic E-state index is 10.4. The van der Waals surface area contributed by atoms with Crippen LogP contribution in [-0.2, 0) is 6.42 Å². The smallest absolute Gasteiger partial charge is 0.107 e. The van der Waals surface area contributed by atoms with Gasteiger partial charge in [0.05, 0.1) is 21.9 Å². The van der Waals surface area contributed by atoms with E-state index in [0.717, 1.165) is 34.4 Å². The van der Waals surface area contributed by atoms with Gasteiger partial charge in [0, 0.05) is 16.3 Å². The number of rotatable bonds is 1. The van der Waals surface area contributed by atoms with Gasteiger partial charge >= 0.3 is 0 Å². The lowest BCUT2D eigenvalue weighted by atomic mass is 9.77. The molecule has 1 aliphatic carbocycles. The van der Waals surface area contributed by atoms with Crippen LogP contribution in [0.15, 0.2) is 0 Å². The van der Waals surface area contributed by atoms with E-state index in [1.807, 2.05) is 0 Å². The number of aromatic nitrogens is 1. The second-order valence-electron chi connectivity index (χ2n) is 6.79. The molecule has 4 unspecified atom stereocenters. The summed E-state index contributed by atoms with van der Waals surface area (Å²) in [4.78, 5) is 6.04. The van der Waals surface area contributed by atoms with Crippen LogP contribution in [-0.4, -0.2) is 26.3 Å². The maximum Gasteiger partial charge on any atom is 0.107 e. The molecule has 112 valence electrons. The van der Waals surface area contributed by atoms with Crippen LogP contribution in [0.4, 0.5) is 0 Å². The van der Waals surface area contributed by atoms with E-state index in [9.17, 15) is 5.11 Å². The number of aliphatic hydroxyl groups excluding tert-OH is 1. The molecule has 1 N–H and O–H groups in total. The van der Waals surface area contributed by atoms with E-state index in [0.29, 0.717) is 10.5 Å². The maximum absolute atomic E-state index is 10.4. The fourth-order valence-corrected chi connectivity index (χ4v) is 7.22. The van der Waals surface area contributed by atoms with Crippen molar-refractivity contribution in [2.45, 2.75) is 62.4 Å². The average molecular weight is 330 g/mol. The highest BCUT2D eigenvalue weighted by Gasteiger charge is 2.36. The molecule has 0 amide bonds. The molecular weight excluding hydrogens is 306 g/mol. The quantitative estimate of drug-likeness (QED) is 0.825. The summed E-state index contributed by atoms with van der Waals surface area (Å²) in [5, 5.41) is 13.5. The van der Waals surface area contributed by atoms with E-state index in [2.05, 4.69) is 51.2 Å². The highest BCUT2D eigenvalue weighted by atomic mass is 32.2. The minimum absolute atomic E-state index is 0.175. The van der Waals surface area contributed by atoms with E-state index in [-0.39, 0.29) is 11.5 Å². The van der Waals surface area contributed by atoms with E-state index >= 15 is 0 Å². The molecule has 1 saturated heterocycles. The topological polar surface area (TPSA) is 33.1 Å². The Morgan fingerprint density at radius 1 is 1.25 bits per heavy atom. The highest BCUT2D eigenvalue weighted by molar-refractivity contribution is 8.07. The summed E-state index contributed by atoms with van der Waals surface area (Å²) in [6.45, 7) is 9.10. The third-order valence-corrected chi connectivity index (χ3v) is 9.13. The van der Waals surface area contributed by atoms with Crippen LogP contribution in [0.25, 0.3) is 0 Å². The number of nitrogens with zero attached hydrogens (tertiary/aromatic N) is 1. The van der Waals surface area contributed by atoms with Gasteiger partial charge in [0.15, 0.2) is 0 Å². The fourth-order valence-electron chi connectivity index (χ4n) is 2.96. The first-order valence-electron chi connectivity index (χ1n) is 7.30. The van der Waals surface area contributed by atoms with Gasteiger partial charge in [-0.25, -0.2) is 4.98 Å². The van der Waals surface area contributed by atoms with Crippen LogP contribution in [0, 0.1) is 5.41 Å². The van der Waals surface area contributed by atoms with Crippen molar-refractivity contribution in [2.75, 3.05) is 5.75 Å². The molecule has 1 aromatic rings. The van der Waals surface area contributed by atoms with Crippen molar-refractivity contribution >= 4 is 34.9 Å². The Kier molecular flexibility index (Phi) is 4.17. The molecule has 3 rings (SSSR count). The summed E-state index contributed by atoms with van der Waals surface area (Å²) in [6, 6.07) is 0. The van der Waals surface area contributed by atoms with Crippen molar-refractivity contribution in [3.63, 3.8) is 0 Å². The molecule has 2 nitrogen and oxygen atoms in total. The van der Waals surface area contributed by atoms with E-state index < -0.39 is 0 Å².